The molecule has 282 valence electrons. The summed E-state index contributed by atoms with van der Waals surface area (Å²) in [5, 5.41) is 21.9. The number of ether oxygens (including phenoxy) is 2. The number of aromatic nitrogens is 1. The zero-order chi connectivity index (χ0) is 39.0. The maximum atomic E-state index is 13.9. The van der Waals surface area contributed by atoms with E-state index in [0.29, 0.717) is 16.3 Å². The molecule has 0 fully saturated rings. The number of methoxy groups -OCH3 is 1. The summed E-state index contributed by atoms with van der Waals surface area (Å²) in [5.41, 5.74) is 0.639. The second-order valence-corrected chi connectivity index (χ2v) is 19.7. The fourth-order valence-corrected chi connectivity index (χ4v) is 11.1. The van der Waals surface area contributed by atoms with Crippen LogP contribution >= 0.6 is 11.3 Å². The quantitative estimate of drug-likeness (QED) is 0.110. The number of hydrogen-bond acceptors (Lipinski definition) is 10. The Morgan fingerprint density at radius 2 is 1.42 bits per heavy atom. The number of carbonyl (C=O) groups excluding carboxylic acids is 4. The van der Waals surface area contributed by atoms with Crippen LogP contribution in [-0.4, -0.2) is 79.8 Å². The molecule has 4 N–H and O–H groups in total. The number of aliphatic hydroxyl groups is 1. The monoisotopic (exact) mass is 760 g/mol. The number of aliphatic hydroxyl groups excluding tert-OH is 1. The van der Waals surface area contributed by atoms with Gasteiger partial charge in [-0.15, -0.1) is 11.3 Å². The van der Waals surface area contributed by atoms with Gasteiger partial charge in [0.15, 0.2) is 6.04 Å². The lowest BCUT2D eigenvalue weighted by Gasteiger charge is -2.43. The lowest BCUT2D eigenvalue weighted by Crippen LogP contribution is -2.68. The van der Waals surface area contributed by atoms with Gasteiger partial charge in [-0.2, -0.15) is 0 Å². The van der Waals surface area contributed by atoms with E-state index in [9.17, 15) is 24.3 Å². The Hall–Kier alpha value is -4.89. The van der Waals surface area contributed by atoms with Crippen LogP contribution in [0.1, 0.15) is 59.0 Å². The zero-order valence-corrected chi connectivity index (χ0v) is 33.1. The van der Waals surface area contributed by atoms with Crippen molar-refractivity contribution in [3.63, 3.8) is 0 Å². The van der Waals surface area contributed by atoms with Crippen LogP contribution < -0.4 is 26.3 Å². The molecule has 0 saturated carbocycles. The van der Waals surface area contributed by atoms with Crippen LogP contribution in [0.2, 0.25) is 5.04 Å². The van der Waals surface area contributed by atoms with E-state index < -0.39 is 61.0 Å². The third-order valence-corrected chi connectivity index (χ3v) is 14.2. The first kappa shape index (κ1) is 40.9. The van der Waals surface area contributed by atoms with E-state index in [2.05, 4.69) is 41.7 Å². The van der Waals surface area contributed by atoms with Crippen molar-refractivity contribution in [3.8, 4) is 10.6 Å². The first-order chi connectivity index (χ1) is 24.9. The Kier molecular flexibility index (Phi) is 13.3. The number of nitrogens with zero attached hydrogens (tertiary/aromatic N) is 1. The molecule has 0 saturated heterocycles. The molecule has 4 rings (SSSR count). The van der Waals surface area contributed by atoms with Gasteiger partial charge >= 0.3 is 12.1 Å². The van der Waals surface area contributed by atoms with Gasteiger partial charge in [0.25, 0.3) is 14.2 Å². The van der Waals surface area contributed by atoms with Crippen LogP contribution in [0.4, 0.5) is 10.5 Å². The molecule has 0 radical (unpaired) electrons. The van der Waals surface area contributed by atoms with Crippen molar-refractivity contribution in [2.45, 2.75) is 77.3 Å². The molecule has 12 nitrogen and oxygen atoms in total. The molecule has 1 aromatic heterocycles. The third kappa shape index (κ3) is 10.4. The van der Waals surface area contributed by atoms with E-state index >= 15 is 0 Å². The molecular weight excluding hydrogens is 713 g/mol. The Morgan fingerprint density at radius 3 is 1.91 bits per heavy atom. The van der Waals surface area contributed by atoms with Gasteiger partial charge in [0.1, 0.15) is 22.3 Å². The molecule has 1 heterocycles. The molecule has 3 atom stereocenters. The number of benzene rings is 3. The molecule has 3 aromatic carbocycles. The normalized spacial score (nSPS) is 13.6. The summed E-state index contributed by atoms with van der Waals surface area (Å²) < 4.78 is 17.1. The lowest BCUT2D eigenvalue weighted by molar-refractivity contribution is -0.148. The number of thiazole rings is 1. The van der Waals surface area contributed by atoms with Crippen molar-refractivity contribution < 1.29 is 38.2 Å². The van der Waals surface area contributed by atoms with Gasteiger partial charge in [-0.05, 0) is 67.4 Å². The van der Waals surface area contributed by atoms with Crippen molar-refractivity contribution in [1.82, 2.24) is 15.6 Å². The van der Waals surface area contributed by atoms with Crippen molar-refractivity contribution >= 4 is 59.6 Å². The Balaban J connectivity index is 1.63. The molecule has 53 heavy (non-hydrogen) atoms. The van der Waals surface area contributed by atoms with Crippen molar-refractivity contribution in [1.29, 1.82) is 0 Å². The number of amides is 3. The zero-order valence-electron chi connectivity index (χ0n) is 31.3. The second kappa shape index (κ2) is 17.3. The minimum absolute atomic E-state index is 0.0595. The Bertz CT molecular complexity index is 1820. The van der Waals surface area contributed by atoms with Gasteiger partial charge in [0.05, 0.1) is 19.8 Å². The second-order valence-electron chi connectivity index (χ2n) is 14.5. The predicted molar refractivity (Wildman–Crippen MR) is 208 cm³/mol. The average Bonchev–Trinajstić information content (AvgIpc) is 3.60. The topological polar surface area (TPSA) is 165 Å². The number of hydrogen-bond donors (Lipinski definition) is 4. The van der Waals surface area contributed by atoms with E-state index in [1.54, 1.807) is 50.4 Å². The highest BCUT2D eigenvalue weighted by atomic mass is 32.1. The molecule has 0 bridgehead atoms. The number of nitrogens with one attached hydrogen (secondary N) is 3. The third-order valence-electron chi connectivity index (χ3n) is 8.25. The van der Waals surface area contributed by atoms with Crippen LogP contribution in [0.3, 0.4) is 0 Å². The van der Waals surface area contributed by atoms with E-state index in [4.69, 9.17) is 13.9 Å². The summed E-state index contributed by atoms with van der Waals surface area (Å²) in [6.45, 7) is 12.7. The van der Waals surface area contributed by atoms with Gasteiger partial charge in [0, 0.05) is 16.6 Å². The highest BCUT2D eigenvalue weighted by molar-refractivity contribution is 7.13. The summed E-state index contributed by atoms with van der Waals surface area (Å²) in [6, 6.07) is 23.9. The first-order valence-electron chi connectivity index (χ1n) is 17.1. The minimum Gasteiger partial charge on any atom is -0.467 e. The molecule has 14 heteroatoms. The van der Waals surface area contributed by atoms with Crippen molar-refractivity contribution in [2.75, 3.05) is 19.0 Å². The maximum absolute atomic E-state index is 13.9. The van der Waals surface area contributed by atoms with Crippen molar-refractivity contribution in [2.24, 2.45) is 0 Å². The number of anilines is 1. The number of esters is 1. The average molecular weight is 761 g/mol. The summed E-state index contributed by atoms with van der Waals surface area (Å²) in [4.78, 5) is 56.9. The van der Waals surface area contributed by atoms with Gasteiger partial charge in [0.2, 0.25) is 5.91 Å². The van der Waals surface area contributed by atoms with Crippen LogP contribution in [0.5, 0.6) is 0 Å². The highest BCUT2D eigenvalue weighted by Crippen LogP contribution is 2.37. The van der Waals surface area contributed by atoms with E-state index in [0.717, 1.165) is 17.5 Å². The van der Waals surface area contributed by atoms with Gasteiger partial charge in [-0.25, -0.2) is 14.6 Å². The predicted octanol–water partition coefficient (Wildman–Crippen LogP) is 4.87. The molecule has 0 aliphatic heterocycles. The van der Waals surface area contributed by atoms with Crippen LogP contribution in [-0.2, 0) is 23.5 Å². The van der Waals surface area contributed by atoms with Gasteiger partial charge in [-0.1, -0.05) is 81.4 Å². The molecule has 3 unspecified atom stereocenters. The summed E-state index contributed by atoms with van der Waals surface area (Å²) in [5.74, 6) is -2.24. The molecule has 0 aliphatic carbocycles. The molecule has 4 aromatic rings. The number of rotatable bonds is 13. The molecule has 3 amide bonds. The lowest BCUT2D eigenvalue weighted by atomic mass is 10.1. The van der Waals surface area contributed by atoms with Crippen LogP contribution in [0.15, 0.2) is 90.3 Å². The van der Waals surface area contributed by atoms with Gasteiger partial charge < -0.3 is 29.6 Å². The standard InChI is InChI=1S/C39H48N4O8SSi/c1-25(44)32(36(47)49-8)43-33(45)30(23-50-53(39(5,6)7,28-15-11-9-12-16-28)29-17-13-10-14-18-29)41-34(46)31-24-52-35(42-31)26-19-21-27(22-20-26)40-37(48)51-38(2,3)4/h9-22,24-25,30,32,44H,23H2,1-8H3,(H,40,48)(H,41,46)(H,43,45). The minimum atomic E-state index is -3.17. The maximum Gasteiger partial charge on any atom is 0.412 e. The van der Waals surface area contributed by atoms with E-state index in [1.807, 2.05) is 60.7 Å². The van der Waals surface area contributed by atoms with Crippen molar-refractivity contribution in [3.05, 3.63) is 96.0 Å². The largest absolute Gasteiger partial charge is 0.467 e. The number of carbonyl (C=O) groups is 4. The van der Waals surface area contributed by atoms with Crippen LogP contribution in [0, 0.1) is 0 Å². The van der Waals surface area contributed by atoms with Crippen LogP contribution in [0.25, 0.3) is 10.6 Å². The fraction of sp³-hybridized carbons (Fsp3) is 0.359. The Labute approximate surface area is 315 Å². The smallest absolute Gasteiger partial charge is 0.412 e. The fourth-order valence-electron chi connectivity index (χ4n) is 5.77. The first-order valence-corrected chi connectivity index (χ1v) is 19.9. The SMILES string of the molecule is COC(=O)C(NC(=O)C(CO[Si](c1ccccc1)(c1ccccc1)C(C)(C)C)NC(=O)c1csc(-c2ccc(NC(=O)OC(C)(C)C)cc2)n1)C(C)O. The molecular formula is C39H48N4O8SSi. The molecule has 0 aliphatic rings. The summed E-state index contributed by atoms with van der Waals surface area (Å²) >= 11 is 1.23. The molecule has 0 spiro atoms. The van der Waals surface area contributed by atoms with Gasteiger partial charge in [-0.3, -0.25) is 14.9 Å². The highest BCUT2D eigenvalue weighted by Gasteiger charge is 2.51. The van der Waals surface area contributed by atoms with E-state index in [-0.39, 0.29) is 12.3 Å². The summed E-state index contributed by atoms with van der Waals surface area (Å²) in [7, 11) is -2.01. The summed E-state index contributed by atoms with van der Waals surface area (Å²) in [6.07, 6.45) is -1.87. The van der Waals surface area contributed by atoms with E-state index in [1.165, 1.54) is 18.3 Å². The Morgan fingerprint density at radius 1 is 0.849 bits per heavy atom.